The first-order valence-corrected chi connectivity index (χ1v) is 14.2. The Morgan fingerprint density at radius 2 is 1.90 bits per heavy atom. The summed E-state index contributed by atoms with van der Waals surface area (Å²) in [6.45, 7) is 6.92. The van der Waals surface area contributed by atoms with Crippen LogP contribution in [0.25, 0.3) is 10.9 Å². The number of carbonyl (C=O) groups is 1. The summed E-state index contributed by atoms with van der Waals surface area (Å²) in [7, 11) is 3.40. The van der Waals surface area contributed by atoms with Gasteiger partial charge in [-0.15, -0.1) is 0 Å². The molecular weight excluding hydrogens is 529 g/mol. The second-order valence-electron chi connectivity index (χ2n) is 12.1. The molecule has 5 rings (SSSR count). The summed E-state index contributed by atoms with van der Waals surface area (Å²) < 4.78 is 52.9. The van der Waals surface area contributed by atoms with E-state index in [9.17, 15) is 4.79 Å². The minimum absolute atomic E-state index is 0.0251. The number of carbonyl (C=O) groups excluding carboxylic acids is 1. The number of alkyl halides is 1. The number of H-pyrrole nitrogens is 1. The zero-order valence-corrected chi connectivity index (χ0v) is 24.4. The fraction of sp³-hybridized carbons (Fsp3) is 0.469. The number of amides is 1. The Hall–Kier alpha value is -3.30. The standard InChI is InChI=1S/C32H39F3N4O2/c1-20-15-24-23-9-6-7-10-27(23)36-30(24)31(39(20)19-32(2,3)35)29-25(33)16-22(17-26(29)34)41-21-12-14-38(18-21)13-8-11-28(40)37(4)5/h6-11,16-17,20-21,31,36H,12-15,18-19H2,1-5H3/b11-8+/t20-,21+,31-/m1/s1. The molecule has 0 spiro atoms. The highest BCUT2D eigenvalue weighted by molar-refractivity contribution is 5.87. The van der Waals surface area contributed by atoms with Crippen LogP contribution in [0.1, 0.15) is 50.1 Å². The third kappa shape index (κ3) is 6.31. The Morgan fingerprint density at radius 3 is 2.59 bits per heavy atom. The minimum atomic E-state index is -1.56. The fourth-order valence-corrected chi connectivity index (χ4v) is 6.09. The van der Waals surface area contributed by atoms with Crippen LogP contribution in [0.3, 0.4) is 0 Å². The van der Waals surface area contributed by atoms with Crippen molar-refractivity contribution in [1.29, 1.82) is 0 Å². The van der Waals surface area contributed by atoms with E-state index in [4.69, 9.17) is 4.74 Å². The molecule has 1 fully saturated rings. The lowest BCUT2D eigenvalue weighted by molar-refractivity contribution is -0.123. The van der Waals surface area contributed by atoms with Gasteiger partial charge in [0.25, 0.3) is 0 Å². The number of benzene rings is 2. The molecule has 3 aromatic rings. The molecule has 3 heterocycles. The lowest BCUT2D eigenvalue weighted by Gasteiger charge is -2.43. The molecule has 0 saturated carbocycles. The summed E-state index contributed by atoms with van der Waals surface area (Å²) in [6, 6.07) is 9.37. The van der Waals surface area contributed by atoms with E-state index in [-0.39, 0.29) is 35.9 Å². The minimum Gasteiger partial charge on any atom is -0.489 e. The Bertz CT molecular complexity index is 1420. The lowest BCUT2D eigenvalue weighted by atomic mass is 9.87. The van der Waals surface area contributed by atoms with Crippen LogP contribution < -0.4 is 4.74 Å². The number of hydrogen-bond acceptors (Lipinski definition) is 4. The third-order valence-electron chi connectivity index (χ3n) is 8.00. The first kappa shape index (κ1) is 29.2. The smallest absolute Gasteiger partial charge is 0.245 e. The molecule has 1 saturated heterocycles. The number of aromatic amines is 1. The highest BCUT2D eigenvalue weighted by Crippen LogP contribution is 2.43. The number of aromatic nitrogens is 1. The van der Waals surface area contributed by atoms with Crippen molar-refractivity contribution in [3.05, 3.63) is 77.0 Å². The van der Waals surface area contributed by atoms with Gasteiger partial charge in [-0.25, -0.2) is 13.2 Å². The van der Waals surface area contributed by atoms with E-state index in [1.54, 1.807) is 14.1 Å². The molecular formula is C32H39F3N4O2. The van der Waals surface area contributed by atoms with E-state index in [0.29, 0.717) is 31.6 Å². The maximum atomic E-state index is 15.9. The molecule has 2 aliphatic rings. The van der Waals surface area contributed by atoms with Crippen molar-refractivity contribution in [3.8, 4) is 5.75 Å². The maximum absolute atomic E-state index is 15.9. The third-order valence-corrected chi connectivity index (χ3v) is 8.00. The molecule has 2 aliphatic heterocycles. The van der Waals surface area contributed by atoms with Crippen molar-refractivity contribution in [2.24, 2.45) is 0 Å². The predicted molar refractivity (Wildman–Crippen MR) is 155 cm³/mol. The molecule has 6 nitrogen and oxygen atoms in total. The second kappa shape index (κ2) is 11.5. The van der Waals surface area contributed by atoms with Crippen molar-refractivity contribution in [3.63, 3.8) is 0 Å². The number of fused-ring (bicyclic) bond motifs is 3. The average molecular weight is 569 g/mol. The second-order valence-corrected chi connectivity index (χ2v) is 12.1. The van der Waals surface area contributed by atoms with Crippen LogP contribution in [0.5, 0.6) is 5.75 Å². The maximum Gasteiger partial charge on any atom is 0.245 e. The summed E-state index contributed by atoms with van der Waals surface area (Å²) in [4.78, 5) is 20.6. The first-order chi connectivity index (χ1) is 19.4. The summed E-state index contributed by atoms with van der Waals surface area (Å²) in [6.07, 6.45) is 4.48. The van der Waals surface area contributed by atoms with Crippen LogP contribution in [-0.4, -0.2) is 83.7 Å². The largest absolute Gasteiger partial charge is 0.489 e. The molecule has 1 amide bonds. The van der Waals surface area contributed by atoms with E-state index < -0.39 is 23.3 Å². The zero-order valence-electron chi connectivity index (χ0n) is 24.4. The fourth-order valence-electron chi connectivity index (χ4n) is 6.09. The SMILES string of the molecule is C[C@@H]1Cc2c([nH]c3ccccc23)[C@@H](c2c(F)cc(O[C@H]3CCN(C/C=C/C(=O)N(C)C)C3)cc2F)N1CC(C)(C)F. The molecule has 1 N–H and O–H groups in total. The zero-order chi connectivity index (χ0) is 29.5. The number of likely N-dealkylation sites (tertiary alicyclic amines) is 1. The highest BCUT2D eigenvalue weighted by Gasteiger charge is 2.41. The van der Waals surface area contributed by atoms with E-state index in [0.717, 1.165) is 23.0 Å². The molecule has 0 bridgehead atoms. The van der Waals surface area contributed by atoms with Gasteiger partial charge in [-0.2, -0.15) is 0 Å². The molecule has 0 aliphatic carbocycles. The van der Waals surface area contributed by atoms with Gasteiger partial charge in [0.1, 0.15) is 29.2 Å². The monoisotopic (exact) mass is 568 g/mol. The molecule has 41 heavy (non-hydrogen) atoms. The number of likely N-dealkylation sites (N-methyl/N-ethyl adjacent to an activating group) is 1. The van der Waals surface area contributed by atoms with Gasteiger partial charge in [-0.3, -0.25) is 14.6 Å². The molecule has 220 valence electrons. The van der Waals surface area contributed by atoms with Gasteiger partial charge in [-0.1, -0.05) is 24.3 Å². The van der Waals surface area contributed by atoms with Gasteiger partial charge in [0.15, 0.2) is 0 Å². The van der Waals surface area contributed by atoms with Gasteiger partial charge in [0.2, 0.25) is 5.91 Å². The quantitative estimate of drug-likeness (QED) is 0.358. The Balaban J connectivity index is 1.40. The summed E-state index contributed by atoms with van der Waals surface area (Å²) >= 11 is 0. The molecule has 0 radical (unpaired) electrons. The van der Waals surface area contributed by atoms with E-state index in [1.165, 1.54) is 37.0 Å². The Kier molecular flexibility index (Phi) is 8.21. The predicted octanol–water partition coefficient (Wildman–Crippen LogP) is 5.63. The van der Waals surface area contributed by atoms with E-state index >= 15 is 13.2 Å². The van der Waals surface area contributed by atoms with Gasteiger partial charge in [0.05, 0.1) is 6.04 Å². The van der Waals surface area contributed by atoms with Gasteiger partial charge in [-0.05, 0) is 45.2 Å². The molecule has 0 unspecified atom stereocenters. The topological polar surface area (TPSA) is 51.8 Å². The van der Waals surface area contributed by atoms with Crippen molar-refractivity contribution in [2.75, 3.05) is 40.3 Å². The molecule has 3 atom stereocenters. The van der Waals surface area contributed by atoms with Crippen molar-refractivity contribution in [1.82, 2.24) is 19.7 Å². The van der Waals surface area contributed by atoms with Crippen LogP contribution in [0, 0.1) is 11.6 Å². The van der Waals surface area contributed by atoms with E-state index in [2.05, 4.69) is 9.88 Å². The van der Waals surface area contributed by atoms with Crippen LogP contribution in [-0.2, 0) is 11.2 Å². The van der Waals surface area contributed by atoms with Gasteiger partial charge < -0.3 is 14.6 Å². The number of para-hydroxylation sites is 1. The molecule has 9 heteroatoms. The van der Waals surface area contributed by atoms with Crippen molar-refractivity contribution >= 4 is 16.8 Å². The average Bonchev–Trinajstić information content (AvgIpc) is 3.48. The van der Waals surface area contributed by atoms with Gasteiger partial charge >= 0.3 is 0 Å². The number of hydrogen-bond donors (Lipinski definition) is 1. The highest BCUT2D eigenvalue weighted by atomic mass is 19.1. The normalized spacial score (nSPS) is 22.0. The van der Waals surface area contributed by atoms with Crippen LogP contribution >= 0.6 is 0 Å². The van der Waals surface area contributed by atoms with E-state index in [1.807, 2.05) is 42.2 Å². The van der Waals surface area contributed by atoms with Crippen LogP contribution in [0.15, 0.2) is 48.6 Å². The number of halogens is 3. The lowest BCUT2D eigenvalue weighted by Crippen LogP contribution is -2.48. The molecule has 1 aromatic heterocycles. The number of nitrogens with one attached hydrogen (secondary N) is 1. The summed E-state index contributed by atoms with van der Waals surface area (Å²) in [5.74, 6) is -1.38. The van der Waals surface area contributed by atoms with Crippen molar-refractivity contribution in [2.45, 2.75) is 57.5 Å². The number of ether oxygens (including phenoxy) is 1. The number of rotatable bonds is 8. The Labute approximate surface area is 239 Å². The first-order valence-electron chi connectivity index (χ1n) is 14.2. The van der Waals surface area contributed by atoms with Crippen LogP contribution in [0.2, 0.25) is 0 Å². The molecule has 2 aromatic carbocycles. The Morgan fingerprint density at radius 1 is 1.20 bits per heavy atom. The van der Waals surface area contributed by atoms with Crippen molar-refractivity contribution < 1.29 is 22.7 Å². The summed E-state index contributed by atoms with van der Waals surface area (Å²) in [5, 5.41) is 1.02. The number of nitrogens with zero attached hydrogens (tertiary/aromatic N) is 3. The summed E-state index contributed by atoms with van der Waals surface area (Å²) in [5.41, 5.74) is 0.938. The van der Waals surface area contributed by atoms with Crippen LogP contribution in [0.4, 0.5) is 13.2 Å². The van der Waals surface area contributed by atoms with Gasteiger partial charge in [0, 0.05) is 86.7 Å².